The Bertz CT molecular complexity index is 1580. The van der Waals surface area contributed by atoms with Crippen molar-refractivity contribution >= 4 is 52.1 Å². The lowest BCUT2D eigenvalue weighted by molar-refractivity contribution is 0.279. The summed E-state index contributed by atoms with van der Waals surface area (Å²) in [5, 5.41) is 1.95. The molecule has 5 nitrogen and oxygen atoms in total. The van der Waals surface area contributed by atoms with Crippen LogP contribution in [0.3, 0.4) is 0 Å². The lowest BCUT2D eigenvalue weighted by atomic mass is 10.1. The first-order valence-corrected chi connectivity index (χ1v) is 16.4. The normalized spacial score (nSPS) is 16.2. The first kappa shape index (κ1) is 26.1. The molecule has 0 spiro atoms. The van der Waals surface area contributed by atoms with Gasteiger partial charge in [-0.2, -0.15) is 0 Å². The summed E-state index contributed by atoms with van der Waals surface area (Å²) in [6, 6.07) is 21.3. The third-order valence-corrected chi connectivity index (χ3v) is 11.5. The molecule has 0 fully saturated rings. The molecule has 5 rings (SSSR count). The highest BCUT2D eigenvalue weighted by Crippen LogP contribution is 2.52. The standard InChI is InChI=1S/C28H26Cl2N3O2PS/c1-28(2)17-35-27(32-28)24-16-33(26(31-24)21-10-5-6-11-22(21)29)25-13-12-19(15-23(25)30)18-8-7-9-20(14-18)36(3,34)37-4/h5-16H,17H2,1-4H3. The largest absolute Gasteiger partial charge is 0.474 e. The summed E-state index contributed by atoms with van der Waals surface area (Å²) in [4.78, 5) is 9.56. The molecule has 0 N–H and O–H groups in total. The van der Waals surface area contributed by atoms with Gasteiger partial charge in [-0.1, -0.05) is 71.0 Å². The molecule has 9 heteroatoms. The number of benzene rings is 3. The summed E-state index contributed by atoms with van der Waals surface area (Å²) in [7, 11) is 0. The van der Waals surface area contributed by atoms with Crippen molar-refractivity contribution in [1.29, 1.82) is 0 Å². The van der Waals surface area contributed by atoms with Gasteiger partial charge in [-0.3, -0.25) is 4.57 Å². The second-order valence-corrected chi connectivity index (χ2v) is 16.1. The fourth-order valence-corrected chi connectivity index (χ4v) is 6.55. The zero-order valence-electron chi connectivity index (χ0n) is 20.9. The molecular formula is C28H26Cl2N3O2PS. The molecule has 1 atom stereocenters. The summed E-state index contributed by atoms with van der Waals surface area (Å²) in [6.45, 7) is 6.33. The maximum Gasteiger partial charge on any atom is 0.237 e. The van der Waals surface area contributed by atoms with Crippen LogP contribution in [0.4, 0.5) is 0 Å². The van der Waals surface area contributed by atoms with Gasteiger partial charge in [0.1, 0.15) is 18.1 Å². The van der Waals surface area contributed by atoms with Gasteiger partial charge in [-0.05, 0) is 61.6 Å². The van der Waals surface area contributed by atoms with Crippen LogP contribution < -0.4 is 5.30 Å². The van der Waals surface area contributed by atoms with Crippen LogP contribution in [0.1, 0.15) is 19.5 Å². The number of hydrogen-bond acceptors (Lipinski definition) is 5. The van der Waals surface area contributed by atoms with Gasteiger partial charge in [-0.15, -0.1) is 0 Å². The molecule has 1 aliphatic heterocycles. The number of hydrogen-bond donors (Lipinski definition) is 0. The Hall–Kier alpha value is -2.50. The van der Waals surface area contributed by atoms with Gasteiger partial charge in [0.2, 0.25) is 5.90 Å². The van der Waals surface area contributed by atoms with E-state index in [2.05, 4.69) is 0 Å². The van der Waals surface area contributed by atoms with Gasteiger partial charge < -0.3 is 9.30 Å². The van der Waals surface area contributed by atoms with Crippen molar-refractivity contribution in [3.63, 3.8) is 0 Å². The average Bonchev–Trinajstić information content (AvgIpc) is 3.47. The van der Waals surface area contributed by atoms with Crippen molar-refractivity contribution in [2.24, 2.45) is 4.99 Å². The van der Waals surface area contributed by atoms with Crippen LogP contribution in [0.5, 0.6) is 0 Å². The summed E-state index contributed by atoms with van der Waals surface area (Å²) in [5.74, 6) is 1.14. The Morgan fingerprint density at radius 3 is 2.43 bits per heavy atom. The molecule has 0 radical (unpaired) electrons. The van der Waals surface area contributed by atoms with Crippen molar-refractivity contribution in [3.8, 4) is 28.2 Å². The lowest BCUT2D eigenvalue weighted by Crippen LogP contribution is -2.17. The Morgan fingerprint density at radius 1 is 1.00 bits per heavy atom. The quantitative estimate of drug-likeness (QED) is 0.221. The van der Waals surface area contributed by atoms with Gasteiger partial charge in [0.05, 0.1) is 21.3 Å². The number of aliphatic imine (C=N–C) groups is 1. The summed E-state index contributed by atoms with van der Waals surface area (Å²) in [6.07, 6.45) is 1.29. The van der Waals surface area contributed by atoms with Crippen molar-refractivity contribution in [2.45, 2.75) is 19.4 Å². The SMILES string of the molecule is CSP(C)(=O)c1cccc(-c2ccc(-n3cc(C4=NC(C)(C)CO4)nc3-c3ccccc3Cl)c(Cl)c2)c1. The monoisotopic (exact) mass is 569 g/mol. The van der Waals surface area contributed by atoms with Gasteiger partial charge >= 0.3 is 0 Å². The Balaban J connectivity index is 1.61. The highest BCUT2D eigenvalue weighted by Gasteiger charge is 2.29. The van der Waals surface area contributed by atoms with Crippen molar-refractivity contribution in [1.82, 2.24) is 9.55 Å². The molecule has 37 heavy (non-hydrogen) atoms. The molecule has 0 aliphatic carbocycles. The molecule has 2 heterocycles. The van der Waals surface area contributed by atoms with Crippen LogP contribution in [0.2, 0.25) is 10.0 Å². The third-order valence-electron chi connectivity index (χ3n) is 6.21. The molecule has 1 aliphatic rings. The van der Waals surface area contributed by atoms with Crippen molar-refractivity contribution in [3.05, 3.63) is 88.7 Å². The minimum atomic E-state index is -2.47. The zero-order valence-corrected chi connectivity index (χ0v) is 24.1. The molecule has 0 amide bonds. The molecule has 1 aromatic heterocycles. The fourth-order valence-electron chi connectivity index (χ4n) is 4.14. The van der Waals surface area contributed by atoms with E-state index in [1.807, 2.05) is 97.6 Å². The Kier molecular flexibility index (Phi) is 7.06. The molecule has 3 aromatic carbocycles. The predicted octanol–water partition coefficient (Wildman–Crippen LogP) is 7.96. The van der Waals surface area contributed by atoms with Crippen LogP contribution in [-0.4, -0.2) is 40.5 Å². The number of rotatable bonds is 6. The number of nitrogens with zero attached hydrogens (tertiary/aromatic N) is 3. The van der Waals surface area contributed by atoms with Gasteiger partial charge in [0.15, 0.2) is 6.34 Å². The van der Waals surface area contributed by atoms with Crippen LogP contribution in [0, 0.1) is 0 Å². The van der Waals surface area contributed by atoms with E-state index in [1.165, 1.54) is 11.4 Å². The highest BCUT2D eigenvalue weighted by molar-refractivity contribution is 8.59. The van der Waals surface area contributed by atoms with Crippen LogP contribution in [-0.2, 0) is 9.30 Å². The highest BCUT2D eigenvalue weighted by atomic mass is 35.5. The fraction of sp³-hybridized carbons (Fsp3) is 0.214. The predicted molar refractivity (Wildman–Crippen MR) is 158 cm³/mol. The Morgan fingerprint density at radius 2 is 1.76 bits per heavy atom. The number of halogens is 2. The van der Waals surface area contributed by atoms with Gasteiger partial charge in [0.25, 0.3) is 0 Å². The maximum atomic E-state index is 12.9. The molecule has 0 bridgehead atoms. The minimum absolute atomic E-state index is 0.309. The minimum Gasteiger partial charge on any atom is -0.474 e. The zero-order chi connectivity index (χ0) is 26.4. The molecule has 0 saturated heterocycles. The number of imidazole rings is 1. The Labute approximate surface area is 231 Å². The van der Waals surface area contributed by atoms with Gasteiger partial charge in [-0.25, -0.2) is 9.98 Å². The molecule has 190 valence electrons. The van der Waals surface area contributed by atoms with E-state index < -0.39 is 6.34 Å². The van der Waals surface area contributed by atoms with Gasteiger partial charge in [0, 0.05) is 23.7 Å². The number of ether oxygens (including phenoxy) is 1. The molecule has 4 aromatic rings. The van der Waals surface area contributed by atoms with Crippen LogP contribution in [0.25, 0.3) is 28.2 Å². The second-order valence-electron chi connectivity index (χ2n) is 9.56. The second kappa shape index (κ2) is 9.99. The first-order valence-electron chi connectivity index (χ1n) is 11.7. The summed E-state index contributed by atoms with van der Waals surface area (Å²) < 4.78 is 20.7. The van der Waals surface area contributed by atoms with E-state index in [4.69, 9.17) is 37.9 Å². The summed E-state index contributed by atoms with van der Waals surface area (Å²) in [5.41, 5.74) is 3.72. The smallest absolute Gasteiger partial charge is 0.237 e. The first-order chi connectivity index (χ1) is 17.6. The van der Waals surface area contributed by atoms with Crippen molar-refractivity contribution < 1.29 is 9.30 Å². The number of aromatic nitrogens is 2. The topological polar surface area (TPSA) is 56.5 Å². The van der Waals surface area contributed by atoms with E-state index in [0.29, 0.717) is 34.1 Å². The summed E-state index contributed by atoms with van der Waals surface area (Å²) >= 11 is 14.8. The molecular weight excluding hydrogens is 544 g/mol. The van der Waals surface area contributed by atoms with Crippen molar-refractivity contribution in [2.75, 3.05) is 19.5 Å². The van der Waals surface area contributed by atoms with Crippen LogP contribution in [0.15, 0.2) is 77.9 Å². The van der Waals surface area contributed by atoms with E-state index in [9.17, 15) is 4.57 Å². The maximum absolute atomic E-state index is 12.9. The van der Waals surface area contributed by atoms with E-state index in [-0.39, 0.29) is 5.54 Å². The third kappa shape index (κ3) is 5.26. The molecule has 1 unspecified atom stereocenters. The van der Waals surface area contributed by atoms with E-state index in [0.717, 1.165) is 27.7 Å². The van der Waals surface area contributed by atoms with Crippen LogP contribution >= 0.6 is 40.9 Å². The van der Waals surface area contributed by atoms with E-state index in [1.54, 1.807) is 6.66 Å². The lowest BCUT2D eigenvalue weighted by Gasteiger charge is -2.14. The van der Waals surface area contributed by atoms with E-state index >= 15 is 0 Å². The average molecular weight is 570 g/mol. The molecule has 0 saturated carbocycles.